The highest BCUT2D eigenvalue weighted by molar-refractivity contribution is 8.13. The van der Waals surface area contributed by atoms with Gasteiger partial charge in [0, 0.05) is 29.6 Å². The maximum atomic E-state index is 12.4. The topological polar surface area (TPSA) is 69.7 Å². The molecule has 0 unspecified atom stereocenters. The number of anilines is 2. The van der Waals surface area contributed by atoms with Crippen molar-refractivity contribution in [2.24, 2.45) is 0 Å². The van der Waals surface area contributed by atoms with E-state index in [4.69, 9.17) is 0 Å². The van der Waals surface area contributed by atoms with Crippen LogP contribution >= 0.6 is 23.5 Å². The van der Waals surface area contributed by atoms with Crippen LogP contribution in [0.15, 0.2) is 58.3 Å². The van der Waals surface area contributed by atoms with Crippen molar-refractivity contribution in [2.75, 3.05) is 36.6 Å². The zero-order valence-corrected chi connectivity index (χ0v) is 16.6. The van der Waals surface area contributed by atoms with Crippen molar-refractivity contribution in [1.82, 2.24) is 4.90 Å². The smallest absolute Gasteiger partial charge is 0.285 e. The number of benzene rings is 2. The number of nitrogens with zero attached hydrogens (tertiary/aromatic N) is 2. The third-order valence-corrected chi connectivity index (χ3v) is 5.91. The Bertz CT molecular complexity index is 869. The first kappa shape index (κ1) is 19.3. The van der Waals surface area contributed by atoms with Crippen molar-refractivity contribution in [1.29, 1.82) is 0 Å². The van der Waals surface area contributed by atoms with Crippen molar-refractivity contribution in [3.8, 4) is 0 Å². The Balaban J connectivity index is 1.63. The van der Waals surface area contributed by atoms with Gasteiger partial charge in [-0.05, 0) is 48.2 Å². The van der Waals surface area contributed by atoms with Gasteiger partial charge in [0.1, 0.15) is 6.54 Å². The molecule has 1 N–H and O–H groups in total. The highest BCUT2D eigenvalue weighted by atomic mass is 32.2. The van der Waals surface area contributed by atoms with E-state index in [-0.39, 0.29) is 23.6 Å². The third-order valence-electron chi connectivity index (χ3n) is 3.82. The quantitative estimate of drug-likeness (QED) is 0.794. The lowest BCUT2D eigenvalue weighted by Crippen LogP contribution is -2.41. The molecule has 1 heterocycles. The number of para-hydroxylation sites is 1. The molecule has 140 valence electrons. The van der Waals surface area contributed by atoms with Gasteiger partial charge >= 0.3 is 0 Å². The molecule has 0 fully saturated rings. The highest BCUT2D eigenvalue weighted by Crippen LogP contribution is 2.34. The summed E-state index contributed by atoms with van der Waals surface area (Å²) < 4.78 is 0. The molecule has 0 spiro atoms. The SMILES string of the molecule is CN(C)C(=O)Sc1ccc(NC(=O)CN2C(=O)CSc3ccccc32)cc1. The second-order valence-electron chi connectivity index (χ2n) is 6.07. The van der Waals surface area contributed by atoms with Crippen molar-refractivity contribution >= 4 is 52.0 Å². The predicted octanol–water partition coefficient (Wildman–Crippen LogP) is 3.54. The van der Waals surface area contributed by atoms with Crippen LogP contribution in [0.3, 0.4) is 0 Å². The number of thioether (sulfide) groups is 2. The molecule has 2 aromatic rings. The van der Waals surface area contributed by atoms with Crippen LogP contribution in [0.4, 0.5) is 16.2 Å². The summed E-state index contributed by atoms with van der Waals surface area (Å²) in [6.45, 7) is -0.0357. The zero-order valence-electron chi connectivity index (χ0n) is 15.0. The van der Waals surface area contributed by atoms with Crippen LogP contribution < -0.4 is 10.2 Å². The summed E-state index contributed by atoms with van der Waals surface area (Å²) >= 11 is 2.60. The van der Waals surface area contributed by atoms with Crippen LogP contribution in [0.25, 0.3) is 0 Å². The molecule has 6 nitrogen and oxygen atoms in total. The summed E-state index contributed by atoms with van der Waals surface area (Å²) in [5.74, 6) is -0.0199. The van der Waals surface area contributed by atoms with E-state index in [1.165, 1.54) is 21.6 Å². The molecule has 1 aliphatic rings. The lowest BCUT2D eigenvalue weighted by atomic mass is 10.2. The summed E-state index contributed by atoms with van der Waals surface area (Å²) in [6, 6.07) is 14.6. The molecule has 0 bridgehead atoms. The van der Waals surface area contributed by atoms with Gasteiger partial charge < -0.3 is 15.1 Å². The molecule has 2 aromatic carbocycles. The van der Waals surface area contributed by atoms with Crippen molar-refractivity contribution in [3.63, 3.8) is 0 Å². The van der Waals surface area contributed by atoms with Gasteiger partial charge in [-0.3, -0.25) is 14.4 Å². The molecule has 1 aliphatic heterocycles. The van der Waals surface area contributed by atoms with E-state index in [2.05, 4.69) is 5.32 Å². The van der Waals surface area contributed by atoms with Crippen LogP contribution in [-0.4, -0.2) is 48.3 Å². The number of fused-ring (bicyclic) bond motifs is 1. The Labute approximate surface area is 166 Å². The minimum atomic E-state index is -0.269. The van der Waals surface area contributed by atoms with Crippen molar-refractivity contribution < 1.29 is 14.4 Å². The minimum Gasteiger partial charge on any atom is -0.339 e. The maximum absolute atomic E-state index is 12.4. The highest BCUT2D eigenvalue weighted by Gasteiger charge is 2.26. The van der Waals surface area contributed by atoms with E-state index < -0.39 is 0 Å². The van der Waals surface area contributed by atoms with Gasteiger partial charge in [-0.15, -0.1) is 11.8 Å². The largest absolute Gasteiger partial charge is 0.339 e. The fourth-order valence-electron chi connectivity index (χ4n) is 2.47. The summed E-state index contributed by atoms with van der Waals surface area (Å²) in [4.78, 5) is 41.2. The summed E-state index contributed by atoms with van der Waals surface area (Å²) in [5, 5.41) is 2.74. The monoisotopic (exact) mass is 401 g/mol. The van der Waals surface area contributed by atoms with E-state index in [0.29, 0.717) is 11.4 Å². The first-order valence-electron chi connectivity index (χ1n) is 8.25. The lowest BCUT2D eigenvalue weighted by Gasteiger charge is -2.28. The normalized spacial score (nSPS) is 13.1. The van der Waals surface area contributed by atoms with E-state index in [1.807, 2.05) is 24.3 Å². The van der Waals surface area contributed by atoms with E-state index >= 15 is 0 Å². The van der Waals surface area contributed by atoms with Gasteiger partial charge in [-0.2, -0.15) is 0 Å². The molecular weight excluding hydrogens is 382 g/mol. The molecule has 3 amide bonds. The standard InChI is InChI=1S/C19H19N3O3S2/c1-21(2)19(25)27-14-9-7-13(8-10-14)20-17(23)11-22-15-5-3-4-6-16(15)26-12-18(22)24/h3-10H,11-12H2,1-2H3,(H,20,23). The average Bonchev–Trinajstić information content (AvgIpc) is 2.65. The Morgan fingerprint density at radius 2 is 1.85 bits per heavy atom. The van der Waals surface area contributed by atoms with Crippen molar-refractivity contribution in [2.45, 2.75) is 9.79 Å². The van der Waals surface area contributed by atoms with Crippen LogP contribution in [-0.2, 0) is 9.59 Å². The maximum Gasteiger partial charge on any atom is 0.285 e. The summed E-state index contributed by atoms with van der Waals surface area (Å²) in [5.41, 5.74) is 1.39. The molecule has 0 aliphatic carbocycles. The van der Waals surface area contributed by atoms with E-state index in [0.717, 1.165) is 27.2 Å². The number of amides is 3. The molecule has 0 aromatic heterocycles. The third kappa shape index (κ3) is 4.84. The molecule has 8 heteroatoms. The minimum absolute atomic E-state index is 0.0357. The fourth-order valence-corrected chi connectivity index (χ4v) is 4.06. The van der Waals surface area contributed by atoms with Crippen LogP contribution in [0.2, 0.25) is 0 Å². The second kappa shape index (κ2) is 8.49. The van der Waals surface area contributed by atoms with E-state index in [1.54, 1.807) is 38.4 Å². The number of hydrogen-bond acceptors (Lipinski definition) is 5. The Kier molecular flexibility index (Phi) is 6.08. The number of carbonyl (C=O) groups is 3. The number of rotatable bonds is 4. The van der Waals surface area contributed by atoms with Crippen LogP contribution in [0, 0.1) is 0 Å². The Morgan fingerprint density at radius 1 is 1.15 bits per heavy atom. The molecule has 0 saturated carbocycles. The molecule has 0 saturated heterocycles. The van der Waals surface area contributed by atoms with Gasteiger partial charge in [0.15, 0.2) is 0 Å². The number of hydrogen-bond donors (Lipinski definition) is 1. The molecular formula is C19H19N3O3S2. The Hall–Kier alpha value is -2.45. The van der Waals surface area contributed by atoms with Crippen LogP contribution in [0.5, 0.6) is 0 Å². The molecule has 3 rings (SSSR count). The molecule has 0 atom stereocenters. The zero-order chi connectivity index (χ0) is 19.4. The number of carbonyl (C=O) groups excluding carboxylic acids is 3. The van der Waals surface area contributed by atoms with Gasteiger partial charge in [0.25, 0.3) is 5.24 Å². The molecule has 0 radical (unpaired) electrons. The fraction of sp³-hybridized carbons (Fsp3) is 0.211. The predicted molar refractivity (Wildman–Crippen MR) is 110 cm³/mol. The summed E-state index contributed by atoms with van der Waals surface area (Å²) in [7, 11) is 3.39. The van der Waals surface area contributed by atoms with Crippen molar-refractivity contribution in [3.05, 3.63) is 48.5 Å². The van der Waals surface area contributed by atoms with E-state index in [9.17, 15) is 14.4 Å². The Morgan fingerprint density at radius 3 is 2.56 bits per heavy atom. The second-order valence-corrected chi connectivity index (χ2v) is 8.11. The first-order chi connectivity index (χ1) is 12.9. The number of nitrogens with one attached hydrogen (secondary N) is 1. The lowest BCUT2D eigenvalue weighted by molar-refractivity contribution is -0.120. The van der Waals surface area contributed by atoms with Gasteiger partial charge in [0.05, 0.1) is 11.4 Å². The van der Waals surface area contributed by atoms with Gasteiger partial charge in [-0.25, -0.2) is 0 Å². The summed E-state index contributed by atoms with van der Waals surface area (Å²) in [6.07, 6.45) is 0. The first-order valence-corrected chi connectivity index (χ1v) is 10.1. The van der Waals surface area contributed by atoms with Gasteiger partial charge in [-0.1, -0.05) is 12.1 Å². The molecule has 27 heavy (non-hydrogen) atoms. The average molecular weight is 402 g/mol. The van der Waals surface area contributed by atoms with Crippen LogP contribution in [0.1, 0.15) is 0 Å². The van der Waals surface area contributed by atoms with Gasteiger partial charge in [0.2, 0.25) is 11.8 Å².